The van der Waals surface area contributed by atoms with E-state index in [9.17, 15) is 8.78 Å². The van der Waals surface area contributed by atoms with E-state index in [1.165, 1.54) is 30.0 Å². The number of thioether (sulfide) groups is 1. The molecule has 0 N–H and O–H groups in total. The van der Waals surface area contributed by atoms with Gasteiger partial charge in [-0.15, -0.1) is 0 Å². The summed E-state index contributed by atoms with van der Waals surface area (Å²) in [6, 6.07) is 3.91. The molecule has 0 aliphatic carbocycles. The minimum atomic E-state index is -0.520. The molecule has 0 spiro atoms. The van der Waals surface area contributed by atoms with Gasteiger partial charge in [-0.1, -0.05) is 23.0 Å². The molecule has 0 aromatic heterocycles. The van der Waals surface area contributed by atoms with Gasteiger partial charge in [-0.2, -0.15) is 0 Å². The van der Waals surface area contributed by atoms with Crippen LogP contribution in [0.5, 0.6) is 0 Å². The Labute approximate surface area is 109 Å². The average Bonchev–Trinajstić information content (AvgIpc) is 2.57. The molecule has 98 valence electrons. The zero-order valence-corrected chi connectivity index (χ0v) is 11.4. The molecule has 1 unspecified atom stereocenters. The number of hydrogen-bond acceptors (Lipinski definition) is 3. The first kappa shape index (κ1) is 13.3. The Morgan fingerprint density at radius 2 is 1.94 bits per heavy atom. The molecule has 1 aliphatic heterocycles. The summed E-state index contributed by atoms with van der Waals surface area (Å²) >= 11 is 1.34. The lowest BCUT2D eigenvalue weighted by Gasteiger charge is -2.15. The van der Waals surface area contributed by atoms with Crippen molar-refractivity contribution in [3.05, 3.63) is 35.4 Å². The van der Waals surface area contributed by atoms with Crippen LogP contribution in [0.4, 0.5) is 8.78 Å². The SMILES string of the molecule is CC(SC1=NOC(C)(C)C1)c1c(F)cccc1F. The van der Waals surface area contributed by atoms with Gasteiger partial charge in [-0.25, -0.2) is 8.78 Å². The highest BCUT2D eigenvalue weighted by Crippen LogP contribution is 2.37. The van der Waals surface area contributed by atoms with Gasteiger partial charge in [0.1, 0.15) is 22.3 Å². The Hall–Kier alpha value is -1.10. The van der Waals surface area contributed by atoms with Crippen molar-refractivity contribution in [2.75, 3.05) is 0 Å². The molecule has 1 atom stereocenters. The van der Waals surface area contributed by atoms with Crippen LogP contribution in [-0.4, -0.2) is 10.6 Å². The maximum atomic E-state index is 13.6. The fraction of sp³-hybridized carbons (Fsp3) is 0.462. The van der Waals surface area contributed by atoms with E-state index < -0.39 is 11.6 Å². The highest BCUT2D eigenvalue weighted by Gasteiger charge is 2.31. The van der Waals surface area contributed by atoms with Crippen LogP contribution in [-0.2, 0) is 4.84 Å². The van der Waals surface area contributed by atoms with Crippen molar-refractivity contribution in [1.29, 1.82) is 0 Å². The third kappa shape index (κ3) is 2.83. The van der Waals surface area contributed by atoms with Gasteiger partial charge in [0.15, 0.2) is 0 Å². The predicted molar refractivity (Wildman–Crippen MR) is 69.6 cm³/mol. The fourth-order valence-electron chi connectivity index (χ4n) is 1.83. The van der Waals surface area contributed by atoms with Gasteiger partial charge in [0, 0.05) is 17.2 Å². The van der Waals surface area contributed by atoms with Crippen molar-refractivity contribution in [3.63, 3.8) is 0 Å². The van der Waals surface area contributed by atoms with Gasteiger partial charge in [-0.3, -0.25) is 0 Å². The molecule has 1 aromatic carbocycles. The molecule has 0 fully saturated rings. The molecular weight excluding hydrogens is 256 g/mol. The molecule has 1 aliphatic rings. The van der Waals surface area contributed by atoms with Crippen molar-refractivity contribution in [2.45, 2.75) is 38.0 Å². The molecule has 5 heteroatoms. The lowest BCUT2D eigenvalue weighted by atomic mass is 10.1. The standard InChI is InChI=1S/C13H15F2NOS/c1-8(12-9(14)5-4-6-10(12)15)18-11-7-13(2,3)17-16-11/h4-6,8H,7H2,1-3H3. The molecule has 0 saturated carbocycles. The summed E-state index contributed by atoms with van der Waals surface area (Å²) in [6.45, 7) is 5.62. The second-order valence-corrected chi connectivity index (χ2v) is 6.32. The molecule has 1 heterocycles. The quantitative estimate of drug-likeness (QED) is 0.801. The smallest absolute Gasteiger partial charge is 0.138 e. The van der Waals surface area contributed by atoms with Crippen molar-refractivity contribution < 1.29 is 13.6 Å². The normalized spacial score (nSPS) is 19.3. The lowest BCUT2D eigenvalue weighted by Crippen LogP contribution is -2.18. The van der Waals surface area contributed by atoms with E-state index in [0.717, 1.165) is 5.04 Å². The Kier molecular flexibility index (Phi) is 3.61. The number of nitrogens with zero attached hydrogens (tertiary/aromatic N) is 1. The van der Waals surface area contributed by atoms with Gasteiger partial charge in [-0.05, 0) is 32.9 Å². The van der Waals surface area contributed by atoms with Crippen molar-refractivity contribution in [3.8, 4) is 0 Å². The average molecular weight is 271 g/mol. The second kappa shape index (κ2) is 4.88. The van der Waals surface area contributed by atoms with E-state index in [2.05, 4.69) is 5.16 Å². The molecule has 2 nitrogen and oxygen atoms in total. The van der Waals surface area contributed by atoms with Crippen molar-refractivity contribution >= 4 is 16.8 Å². The summed E-state index contributed by atoms with van der Waals surface area (Å²) in [5.74, 6) is -1.04. The van der Waals surface area contributed by atoms with Gasteiger partial charge in [0.25, 0.3) is 0 Å². The number of rotatable bonds is 2. The van der Waals surface area contributed by atoms with Crippen molar-refractivity contribution in [1.82, 2.24) is 0 Å². The topological polar surface area (TPSA) is 21.6 Å². The summed E-state index contributed by atoms with van der Waals surface area (Å²) < 4.78 is 27.2. The van der Waals surface area contributed by atoms with Crippen molar-refractivity contribution in [2.24, 2.45) is 5.16 Å². The summed E-state index contributed by atoms with van der Waals surface area (Å²) in [7, 11) is 0. The second-order valence-electron chi connectivity index (χ2n) is 4.91. The Morgan fingerprint density at radius 3 is 2.44 bits per heavy atom. The van der Waals surface area contributed by atoms with Crippen LogP contribution >= 0.6 is 11.8 Å². The maximum absolute atomic E-state index is 13.6. The van der Waals surface area contributed by atoms with E-state index in [0.29, 0.717) is 6.42 Å². The number of halogens is 2. The van der Waals surface area contributed by atoms with E-state index in [1.807, 2.05) is 13.8 Å². The zero-order valence-electron chi connectivity index (χ0n) is 10.5. The molecule has 0 amide bonds. The minimum Gasteiger partial charge on any atom is -0.389 e. The van der Waals surface area contributed by atoms with Crippen LogP contribution in [0, 0.1) is 11.6 Å². The third-order valence-electron chi connectivity index (χ3n) is 2.69. The maximum Gasteiger partial charge on any atom is 0.138 e. The summed E-state index contributed by atoms with van der Waals surface area (Å²) in [5, 5.41) is 4.39. The Morgan fingerprint density at radius 1 is 1.33 bits per heavy atom. The fourth-order valence-corrected chi connectivity index (χ4v) is 3.09. The molecule has 0 saturated heterocycles. The first-order valence-corrected chi connectivity index (χ1v) is 6.62. The van der Waals surface area contributed by atoms with Gasteiger partial charge in [0.2, 0.25) is 0 Å². The van der Waals surface area contributed by atoms with E-state index >= 15 is 0 Å². The van der Waals surface area contributed by atoms with E-state index in [4.69, 9.17) is 4.84 Å². The van der Waals surface area contributed by atoms with Crippen LogP contribution < -0.4 is 0 Å². The minimum absolute atomic E-state index is 0.0925. The molecule has 2 rings (SSSR count). The monoisotopic (exact) mass is 271 g/mol. The first-order chi connectivity index (χ1) is 8.39. The zero-order chi connectivity index (χ0) is 13.3. The summed E-state index contributed by atoms with van der Waals surface area (Å²) in [4.78, 5) is 5.23. The van der Waals surface area contributed by atoms with Crippen LogP contribution in [0.3, 0.4) is 0 Å². The number of benzene rings is 1. The van der Waals surface area contributed by atoms with Gasteiger partial charge in [0.05, 0.1) is 0 Å². The highest BCUT2D eigenvalue weighted by atomic mass is 32.2. The summed E-state index contributed by atoms with van der Waals surface area (Å²) in [5.41, 5.74) is -0.231. The molecule has 0 bridgehead atoms. The largest absolute Gasteiger partial charge is 0.389 e. The molecule has 1 aromatic rings. The Balaban J connectivity index is 2.11. The van der Waals surface area contributed by atoms with Crippen LogP contribution in [0.1, 0.15) is 38.0 Å². The predicted octanol–water partition coefficient (Wildman–Crippen LogP) is 4.27. The molecule has 18 heavy (non-hydrogen) atoms. The van der Waals surface area contributed by atoms with Crippen LogP contribution in [0.15, 0.2) is 23.4 Å². The van der Waals surface area contributed by atoms with Gasteiger partial charge >= 0.3 is 0 Å². The lowest BCUT2D eigenvalue weighted by molar-refractivity contribution is 0.0123. The number of oxime groups is 1. The first-order valence-electron chi connectivity index (χ1n) is 5.75. The molecular formula is C13H15F2NOS. The van der Waals surface area contributed by atoms with E-state index in [-0.39, 0.29) is 16.4 Å². The summed E-state index contributed by atoms with van der Waals surface area (Å²) in [6.07, 6.45) is 0.665. The van der Waals surface area contributed by atoms with Crippen LogP contribution in [0.2, 0.25) is 0 Å². The Bertz CT molecular complexity index is 468. The third-order valence-corrected chi connectivity index (χ3v) is 3.77. The van der Waals surface area contributed by atoms with E-state index in [1.54, 1.807) is 6.92 Å². The molecule has 0 radical (unpaired) electrons. The number of hydrogen-bond donors (Lipinski definition) is 0. The van der Waals surface area contributed by atoms with Gasteiger partial charge < -0.3 is 4.84 Å². The van der Waals surface area contributed by atoms with Crippen LogP contribution in [0.25, 0.3) is 0 Å². The highest BCUT2D eigenvalue weighted by molar-refractivity contribution is 8.14.